The minimum absolute atomic E-state index is 0.00715. The van der Waals surface area contributed by atoms with Crippen molar-refractivity contribution in [2.45, 2.75) is 40.5 Å². The summed E-state index contributed by atoms with van der Waals surface area (Å²) in [6.45, 7) is 8.05. The van der Waals surface area contributed by atoms with E-state index in [1.54, 1.807) is 18.2 Å². The van der Waals surface area contributed by atoms with Crippen molar-refractivity contribution >= 4 is 92.7 Å². The van der Waals surface area contributed by atoms with Crippen molar-refractivity contribution in [1.29, 1.82) is 0 Å². The van der Waals surface area contributed by atoms with E-state index in [0.29, 0.717) is 17.9 Å². The molecule has 0 aliphatic carbocycles. The van der Waals surface area contributed by atoms with Crippen LogP contribution in [-0.2, 0) is 22.3 Å². The van der Waals surface area contributed by atoms with E-state index in [4.69, 9.17) is 77.3 Å². The standard InChI is InChI=1S/C42H35Cl5O8/c1-41(2,21-53-40(52)35-32(45)17-28(18-33(35)46)55-38(50)25-11-9-24(10-12-25)37(48)49)19-23-8-15-29-26(16-23)13-14-27(36(29)47)20-42(3,4)22-54-39(51)34-30(43)6-5-7-31(34)44/h5-18H,19-22H2,1-4H3,(H,48,49). The zero-order valence-corrected chi connectivity index (χ0v) is 33.9. The number of fused-ring (bicyclic) bond motifs is 1. The third kappa shape index (κ3) is 10.5. The van der Waals surface area contributed by atoms with Crippen molar-refractivity contribution in [2.24, 2.45) is 10.8 Å². The highest BCUT2D eigenvalue weighted by Crippen LogP contribution is 2.36. The molecule has 8 nitrogen and oxygen atoms in total. The third-order valence-electron chi connectivity index (χ3n) is 8.60. The molecule has 0 saturated carbocycles. The number of hydrogen-bond acceptors (Lipinski definition) is 7. The third-order valence-corrected chi connectivity index (χ3v) is 10.3. The Bertz CT molecular complexity index is 2260. The molecule has 5 rings (SSSR count). The lowest BCUT2D eigenvalue weighted by molar-refractivity contribution is 0.0335. The van der Waals surface area contributed by atoms with E-state index in [0.717, 1.165) is 21.9 Å². The molecule has 5 aromatic carbocycles. The minimum Gasteiger partial charge on any atom is -0.478 e. The Kier molecular flexibility index (Phi) is 13.1. The first-order chi connectivity index (χ1) is 25.8. The van der Waals surface area contributed by atoms with E-state index in [-0.39, 0.29) is 61.3 Å². The smallest absolute Gasteiger partial charge is 0.343 e. The first kappa shape index (κ1) is 41.8. The number of hydrogen-bond donors (Lipinski definition) is 1. The predicted octanol–water partition coefficient (Wildman–Crippen LogP) is 11.9. The molecule has 0 atom stereocenters. The number of benzene rings is 5. The van der Waals surface area contributed by atoms with Crippen LogP contribution in [0, 0.1) is 10.8 Å². The van der Waals surface area contributed by atoms with Crippen molar-refractivity contribution in [3.63, 3.8) is 0 Å². The topological polar surface area (TPSA) is 116 Å². The maximum atomic E-state index is 13.1. The number of esters is 3. The second kappa shape index (κ2) is 17.2. The number of halogens is 5. The number of carboxylic acids is 1. The fraction of sp³-hybridized carbons (Fsp3) is 0.238. The fourth-order valence-electron chi connectivity index (χ4n) is 5.88. The SMILES string of the molecule is CC(C)(COC(=O)c1c(Cl)cc(OC(=O)c2ccc(C(=O)O)cc2)cc1Cl)Cc1ccc2c(Cl)c(CC(C)(C)COC(=O)c3c(Cl)cccc3Cl)ccc2c1. The van der Waals surface area contributed by atoms with Gasteiger partial charge in [-0.1, -0.05) is 122 Å². The highest BCUT2D eigenvalue weighted by atomic mass is 35.5. The Morgan fingerprint density at radius 2 is 1.13 bits per heavy atom. The lowest BCUT2D eigenvalue weighted by atomic mass is 9.84. The molecular formula is C42H35Cl5O8. The molecular weight excluding hydrogens is 810 g/mol. The van der Waals surface area contributed by atoms with Gasteiger partial charge in [0.05, 0.1) is 60.6 Å². The van der Waals surface area contributed by atoms with Crippen molar-refractivity contribution < 1.29 is 38.5 Å². The Labute approximate surface area is 343 Å². The molecule has 0 saturated heterocycles. The molecule has 0 aliphatic heterocycles. The summed E-state index contributed by atoms with van der Waals surface area (Å²) in [5.41, 5.74) is 1.15. The molecule has 1 N–H and O–H groups in total. The van der Waals surface area contributed by atoms with E-state index < -0.39 is 34.7 Å². The molecule has 13 heteroatoms. The quantitative estimate of drug-likeness (QED) is 0.0920. The van der Waals surface area contributed by atoms with Crippen molar-refractivity contribution in [1.82, 2.24) is 0 Å². The van der Waals surface area contributed by atoms with Gasteiger partial charge < -0.3 is 19.3 Å². The molecule has 0 aromatic heterocycles. The molecule has 0 aliphatic rings. The highest BCUT2D eigenvalue weighted by Gasteiger charge is 2.27. The Morgan fingerprint density at radius 3 is 1.69 bits per heavy atom. The van der Waals surface area contributed by atoms with Crippen molar-refractivity contribution in [3.8, 4) is 5.75 Å². The van der Waals surface area contributed by atoms with Crippen LogP contribution >= 0.6 is 58.0 Å². The maximum Gasteiger partial charge on any atom is 0.343 e. The highest BCUT2D eigenvalue weighted by molar-refractivity contribution is 6.40. The van der Waals surface area contributed by atoms with E-state index in [1.165, 1.54) is 36.4 Å². The molecule has 0 amide bonds. The lowest BCUT2D eigenvalue weighted by Crippen LogP contribution is -2.25. The number of carboxylic acid groups (broad SMARTS) is 1. The van der Waals surface area contributed by atoms with Gasteiger partial charge in [-0.15, -0.1) is 0 Å². The van der Waals surface area contributed by atoms with E-state index in [1.807, 2.05) is 58.0 Å². The van der Waals surface area contributed by atoms with Crippen molar-refractivity contribution in [2.75, 3.05) is 13.2 Å². The van der Waals surface area contributed by atoms with Gasteiger partial charge >= 0.3 is 23.9 Å². The van der Waals surface area contributed by atoms with Crippen LogP contribution in [0.4, 0.5) is 0 Å². The average molecular weight is 845 g/mol. The van der Waals surface area contributed by atoms with Gasteiger partial charge in [-0.2, -0.15) is 0 Å². The molecule has 0 bridgehead atoms. The molecule has 55 heavy (non-hydrogen) atoms. The summed E-state index contributed by atoms with van der Waals surface area (Å²) in [5, 5.41) is 11.8. The largest absolute Gasteiger partial charge is 0.478 e. The normalized spacial score (nSPS) is 11.7. The van der Waals surface area contributed by atoms with Crippen LogP contribution in [0.2, 0.25) is 25.1 Å². The van der Waals surface area contributed by atoms with Gasteiger partial charge in [0.2, 0.25) is 0 Å². The minimum atomic E-state index is -1.13. The first-order valence-corrected chi connectivity index (χ1v) is 18.8. The van der Waals surface area contributed by atoms with Crippen LogP contribution < -0.4 is 4.74 Å². The van der Waals surface area contributed by atoms with Gasteiger partial charge in [-0.25, -0.2) is 19.2 Å². The molecule has 0 radical (unpaired) electrons. The number of carbonyl (C=O) groups excluding carboxylic acids is 3. The summed E-state index contributed by atoms with van der Waals surface area (Å²) >= 11 is 32.0. The molecule has 0 spiro atoms. The maximum absolute atomic E-state index is 13.1. The Morgan fingerprint density at radius 1 is 0.600 bits per heavy atom. The van der Waals surface area contributed by atoms with E-state index >= 15 is 0 Å². The van der Waals surface area contributed by atoms with Crippen LogP contribution in [-0.4, -0.2) is 42.2 Å². The average Bonchev–Trinajstić information content (AvgIpc) is 3.10. The fourth-order valence-corrected chi connectivity index (χ4v) is 7.36. The molecule has 0 fully saturated rings. The second-order valence-electron chi connectivity index (χ2n) is 14.6. The Balaban J connectivity index is 1.19. The van der Waals surface area contributed by atoms with Gasteiger partial charge in [-0.05, 0) is 65.8 Å². The number of ether oxygens (including phenoxy) is 3. The van der Waals surface area contributed by atoms with E-state index in [9.17, 15) is 19.2 Å². The Hall–Kier alpha value is -4.31. The van der Waals surface area contributed by atoms with Crippen LogP contribution in [0.3, 0.4) is 0 Å². The van der Waals surface area contributed by atoms with Gasteiger partial charge in [-0.3, -0.25) is 0 Å². The van der Waals surface area contributed by atoms with Gasteiger partial charge in [0.25, 0.3) is 0 Å². The number of aromatic carboxylic acids is 1. The summed E-state index contributed by atoms with van der Waals surface area (Å²) in [4.78, 5) is 49.5. The summed E-state index contributed by atoms with van der Waals surface area (Å²) in [7, 11) is 0. The summed E-state index contributed by atoms with van der Waals surface area (Å²) in [6.07, 6.45) is 1.10. The lowest BCUT2D eigenvalue weighted by Gasteiger charge is -2.26. The molecule has 0 unspecified atom stereocenters. The molecule has 5 aromatic rings. The zero-order chi connectivity index (χ0) is 40.2. The van der Waals surface area contributed by atoms with Gasteiger partial charge in [0, 0.05) is 28.3 Å². The van der Waals surface area contributed by atoms with Crippen LogP contribution in [0.15, 0.2) is 84.9 Å². The summed E-state index contributed by atoms with van der Waals surface area (Å²) in [6, 6.07) is 22.5. The summed E-state index contributed by atoms with van der Waals surface area (Å²) in [5.74, 6) is -3.23. The van der Waals surface area contributed by atoms with Crippen molar-refractivity contribution in [3.05, 3.63) is 143 Å². The van der Waals surface area contributed by atoms with Crippen LogP contribution in [0.5, 0.6) is 5.75 Å². The zero-order valence-electron chi connectivity index (χ0n) is 30.1. The van der Waals surface area contributed by atoms with Gasteiger partial charge in [0.15, 0.2) is 0 Å². The number of rotatable bonds is 13. The molecule has 286 valence electrons. The van der Waals surface area contributed by atoms with Gasteiger partial charge in [0.1, 0.15) is 5.75 Å². The van der Waals surface area contributed by atoms with E-state index in [2.05, 4.69) is 0 Å². The summed E-state index contributed by atoms with van der Waals surface area (Å²) < 4.78 is 16.6. The number of carbonyl (C=O) groups is 4. The van der Waals surface area contributed by atoms with Crippen LogP contribution in [0.1, 0.15) is 80.3 Å². The predicted molar refractivity (Wildman–Crippen MR) is 216 cm³/mol. The molecule has 0 heterocycles. The van der Waals surface area contributed by atoms with Crippen LogP contribution in [0.25, 0.3) is 10.8 Å². The monoisotopic (exact) mass is 842 g/mol. The first-order valence-electron chi connectivity index (χ1n) is 16.9. The second-order valence-corrected chi connectivity index (χ2v) is 16.6.